The molecule has 0 bridgehead atoms. The molecule has 0 amide bonds. The van der Waals surface area contributed by atoms with Crippen LogP contribution in [0.3, 0.4) is 0 Å². The number of nitrogens with zero attached hydrogens (tertiary/aromatic N) is 2. The summed E-state index contributed by atoms with van der Waals surface area (Å²) in [5.41, 5.74) is 0. The molecule has 1 atom stereocenters. The Morgan fingerprint density at radius 2 is 2.21 bits per heavy atom. The Labute approximate surface area is 91.6 Å². The first-order chi connectivity index (χ1) is 6.74. The molecular weight excluding hydrogens is 200 g/mol. The van der Waals surface area contributed by atoms with Crippen molar-refractivity contribution in [3.63, 3.8) is 0 Å². The molecule has 82 valence electrons. The number of halogens is 1. The maximum Gasteiger partial charge on any atom is 0.0666 e. The van der Waals surface area contributed by atoms with E-state index in [-0.39, 0.29) is 5.92 Å². The number of hydrogen-bond donors (Lipinski definition) is 0. The van der Waals surface area contributed by atoms with Gasteiger partial charge in [-0.05, 0) is 13.5 Å². The second kappa shape index (κ2) is 9.26. The summed E-state index contributed by atoms with van der Waals surface area (Å²) in [5.74, 6) is 0.628. The zero-order chi connectivity index (χ0) is 10.8. The Bertz CT molecular complexity index is 170. The van der Waals surface area contributed by atoms with Crippen molar-refractivity contribution in [3.8, 4) is 6.07 Å². The van der Waals surface area contributed by atoms with E-state index < -0.39 is 0 Å². The summed E-state index contributed by atoms with van der Waals surface area (Å²) < 4.78 is 5.27. The van der Waals surface area contributed by atoms with Crippen molar-refractivity contribution < 1.29 is 4.74 Å². The first kappa shape index (κ1) is 13.7. The fraction of sp³-hybridized carbons (Fsp3) is 0.900. The molecule has 0 aliphatic carbocycles. The van der Waals surface area contributed by atoms with Crippen LogP contribution < -0.4 is 0 Å². The van der Waals surface area contributed by atoms with Crippen LogP contribution in [-0.2, 0) is 4.74 Å². The van der Waals surface area contributed by atoms with E-state index in [1.165, 1.54) is 0 Å². The van der Waals surface area contributed by atoms with Crippen LogP contribution in [0.2, 0.25) is 0 Å². The summed E-state index contributed by atoms with van der Waals surface area (Å²) in [4.78, 5) is 2.21. The molecule has 0 aliphatic heterocycles. The number of hydrogen-bond acceptors (Lipinski definition) is 3. The first-order valence-corrected chi connectivity index (χ1v) is 5.53. The fourth-order valence-electron chi connectivity index (χ4n) is 1.16. The van der Waals surface area contributed by atoms with Gasteiger partial charge in [0.25, 0.3) is 0 Å². The van der Waals surface area contributed by atoms with Gasteiger partial charge in [-0.15, -0.1) is 11.6 Å². The zero-order valence-electron chi connectivity index (χ0n) is 9.00. The highest BCUT2D eigenvalue weighted by Gasteiger charge is 2.06. The summed E-state index contributed by atoms with van der Waals surface area (Å²) in [6.07, 6.45) is 0. The summed E-state index contributed by atoms with van der Waals surface area (Å²) in [7, 11) is 0. The molecule has 3 nitrogen and oxygen atoms in total. The molecule has 4 heteroatoms. The quantitative estimate of drug-likeness (QED) is 0.460. The first-order valence-electron chi connectivity index (χ1n) is 5.00. The Morgan fingerprint density at radius 3 is 2.71 bits per heavy atom. The summed E-state index contributed by atoms with van der Waals surface area (Å²) in [6, 6.07) is 2.23. The lowest BCUT2D eigenvalue weighted by atomic mass is 10.2. The van der Waals surface area contributed by atoms with Gasteiger partial charge in [-0.1, -0.05) is 6.92 Å². The van der Waals surface area contributed by atoms with Gasteiger partial charge in [-0.3, -0.25) is 0 Å². The predicted octanol–water partition coefficient (Wildman–Crippen LogP) is 1.72. The van der Waals surface area contributed by atoms with Crippen molar-refractivity contribution in [2.45, 2.75) is 13.8 Å². The monoisotopic (exact) mass is 218 g/mol. The van der Waals surface area contributed by atoms with Gasteiger partial charge in [0.2, 0.25) is 0 Å². The molecule has 0 saturated carbocycles. The molecule has 14 heavy (non-hydrogen) atoms. The largest absolute Gasteiger partial charge is 0.379 e. The number of alkyl halides is 1. The minimum Gasteiger partial charge on any atom is -0.379 e. The fourth-order valence-corrected chi connectivity index (χ4v) is 1.27. The van der Waals surface area contributed by atoms with E-state index in [0.29, 0.717) is 19.1 Å². The van der Waals surface area contributed by atoms with Crippen LogP contribution in [-0.4, -0.2) is 43.6 Å². The van der Waals surface area contributed by atoms with Crippen molar-refractivity contribution in [2.75, 3.05) is 38.7 Å². The highest BCUT2D eigenvalue weighted by Crippen LogP contribution is 1.97. The van der Waals surface area contributed by atoms with Gasteiger partial charge in [0.15, 0.2) is 0 Å². The summed E-state index contributed by atoms with van der Waals surface area (Å²) >= 11 is 5.48. The normalized spacial score (nSPS) is 12.8. The maximum atomic E-state index is 8.66. The highest BCUT2D eigenvalue weighted by molar-refractivity contribution is 6.17. The number of ether oxygens (including phenoxy) is 1. The van der Waals surface area contributed by atoms with Crippen LogP contribution in [0.4, 0.5) is 0 Å². The molecule has 1 unspecified atom stereocenters. The molecule has 0 aromatic rings. The van der Waals surface area contributed by atoms with Crippen LogP contribution in [0.25, 0.3) is 0 Å². The van der Waals surface area contributed by atoms with E-state index in [9.17, 15) is 0 Å². The molecular formula is C10H19ClN2O. The minimum atomic E-state index is 0.0861. The topological polar surface area (TPSA) is 36.3 Å². The van der Waals surface area contributed by atoms with E-state index in [0.717, 1.165) is 19.6 Å². The second-order valence-electron chi connectivity index (χ2n) is 3.22. The Hall–Kier alpha value is -0.300. The third kappa shape index (κ3) is 7.14. The van der Waals surface area contributed by atoms with Crippen LogP contribution in [0.1, 0.15) is 13.8 Å². The number of nitriles is 1. The highest BCUT2D eigenvalue weighted by atomic mass is 35.5. The average Bonchev–Trinajstić information content (AvgIpc) is 2.22. The molecule has 0 N–H and O–H groups in total. The van der Waals surface area contributed by atoms with Crippen molar-refractivity contribution in [2.24, 2.45) is 5.92 Å². The van der Waals surface area contributed by atoms with Crippen LogP contribution in [0.5, 0.6) is 0 Å². The molecule has 0 fully saturated rings. The van der Waals surface area contributed by atoms with Gasteiger partial charge in [0.1, 0.15) is 0 Å². The smallest absolute Gasteiger partial charge is 0.0666 e. The molecule has 0 rings (SSSR count). The SMILES string of the molecule is CCN(CCOCCCl)CC(C)C#N. The van der Waals surface area contributed by atoms with Crippen molar-refractivity contribution in [1.29, 1.82) is 5.26 Å². The van der Waals surface area contributed by atoms with Gasteiger partial charge in [-0.25, -0.2) is 0 Å². The Balaban J connectivity index is 3.54. The molecule has 0 aromatic heterocycles. The van der Waals surface area contributed by atoms with Gasteiger partial charge in [0.05, 0.1) is 25.2 Å². The molecule has 0 aliphatic rings. The van der Waals surface area contributed by atoms with Gasteiger partial charge < -0.3 is 9.64 Å². The average molecular weight is 219 g/mol. The summed E-state index contributed by atoms with van der Waals surface area (Å²) in [6.45, 7) is 7.96. The van der Waals surface area contributed by atoms with Crippen LogP contribution in [0, 0.1) is 17.2 Å². The van der Waals surface area contributed by atoms with E-state index in [4.69, 9.17) is 21.6 Å². The van der Waals surface area contributed by atoms with E-state index in [2.05, 4.69) is 17.9 Å². The lowest BCUT2D eigenvalue weighted by Crippen LogP contribution is -2.31. The van der Waals surface area contributed by atoms with E-state index in [1.54, 1.807) is 0 Å². The lowest BCUT2D eigenvalue weighted by molar-refractivity contribution is 0.114. The minimum absolute atomic E-state index is 0.0861. The molecule has 0 radical (unpaired) electrons. The molecule has 0 saturated heterocycles. The Morgan fingerprint density at radius 1 is 1.50 bits per heavy atom. The van der Waals surface area contributed by atoms with Crippen molar-refractivity contribution in [3.05, 3.63) is 0 Å². The lowest BCUT2D eigenvalue weighted by Gasteiger charge is -2.21. The molecule has 0 heterocycles. The van der Waals surface area contributed by atoms with Crippen molar-refractivity contribution in [1.82, 2.24) is 4.90 Å². The van der Waals surface area contributed by atoms with Crippen LogP contribution >= 0.6 is 11.6 Å². The Kier molecular flexibility index (Phi) is 9.06. The third-order valence-electron chi connectivity index (χ3n) is 1.97. The maximum absolute atomic E-state index is 8.66. The van der Waals surface area contributed by atoms with E-state index in [1.807, 2.05) is 6.92 Å². The van der Waals surface area contributed by atoms with Gasteiger partial charge in [0, 0.05) is 19.0 Å². The van der Waals surface area contributed by atoms with Gasteiger partial charge in [-0.2, -0.15) is 5.26 Å². The standard InChI is InChI=1S/C10H19ClN2O/c1-3-13(9-10(2)8-12)5-7-14-6-4-11/h10H,3-7,9H2,1-2H3. The number of likely N-dealkylation sites (N-methyl/N-ethyl adjacent to an activating group) is 1. The molecule has 0 spiro atoms. The summed E-state index contributed by atoms with van der Waals surface area (Å²) in [5, 5.41) is 8.66. The second-order valence-corrected chi connectivity index (χ2v) is 3.60. The van der Waals surface area contributed by atoms with E-state index >= 15 is 0 Å². The third-order valence-corrected chi connectivity index (χ3v) is 2.13. The zero-order valence-corrected chi connectivity index (χ0v) is 9.76. The number of rotatable bonds is 8. The van der Waals surface area contributed by atoms with Crippen molar-refractivity contribution >= 4 is 11.6 Å². The van der Waals surface area contributed by atoms with Crippen LogP contribution in [0.15, 0.2) is 0 Å². The van der Waals surface area contributed by atoms with Gasteiger partial charge >= 0.3 is 0 Å². The molecule has 0 aromatic carbocycles. The predicted molar refractivity (Wildman–Crippen MR) is 58.4 cm³/mol.